The number of carbonyl (C=O) groups is 1. The van der Waals surface area contributed by atoms with Gasteiger partial charge >= 0.3 is 0 Å². The average molecular weight is 464 g/mol. The van der Waals surface area contributed by atoms with Crippen LogP contribution < -0.4 is 5.32 Å². The molecule has 0 saturated heterocycles. The largest absolute Gasteiger partial charge is 0.394 e. The Morgan fingerprint density at radius 2 is 1.18 bits per heavy atom. The summed E-state index contributed by atoms with van der Waals surface area (Å²) in [7, 11) is 0. The maximum absolute atomic E-state index is 12.1. The van der Waals surface area contributed by atoms with Gasteiger partial charge in [0.2, 0.25) is 5.91 Å². The number of carbonyl (C=O) groups excluding carboxylic acids is 1. The Morgan fingerprint density at radius 1 is 0.697 bits per heavy atom. The molecule has 0 spiro atoms. The van der Waals surface area contributed by atoms with Crippen LogP contribution in [0.25, 0.3) is 0 Å². The van der Waals surface area contributed by atoms with E-state index in [0.717, 1.165) is 38.5 Å². The molecule has 2 unspecified atom stereocenters. The highest BCUT2D eigenvalue weighted by molar-refractivity contribution is 5.76. The van der Waals surface area contributed by atoms with Crippen molar-refractivity contribution in [1.82, 2.24) is 5.32 Å². The summed E-state index contributed by atoms with van der Waals surface area (Å²) in [4.78, 5) is 12.1. The summed E-state index contributed by atoms with van der Waals surface area (Å²) >= 11 is 0. The Kier molecular flexibility index (Phi) is 24.2. The van der Waals surface area contributed by atoms with Crippen LogP contribution in [0.2, 0.25) is 0 Å². The molecular formula is C29H53NO3. The van der Waals surface area contributed by atoms with Crippen LogP contribution in [0, 0.1) is 0 Å². The minimum absolute atomic E-state index is 0.0881. The van der Waals surface area contributed by atoms with Crippen LogP contribution in [0.1, 0.15) is 123 Å². The molecule has 0 aromatic carbocycles. The number of unbranched alkanes of at least 4 members (excludes halogenated alkanes) is 12. The first-order valence-electron chi connectivity index (χ1n) is 13.7. The highest BCUT2D eigenvalue weighted by atomic mass is 16.3. The van der Waals surface area contributed by atoms with E-state index in [9.17, 15) is 15.0 Å². The fraction of sp³-hybridized carbons (Fsp3) is 0.759. The highest BCUT2D eigenvalue weighted by Crippen LogP contribution is 2.10. The lowest BCUT2D eigenvalue weighted by molar-refractivity contribution is -0.123. The molecule has 0 aromatic heterocycles. The van der Waals surface area contributed by atoms with E-state index in [1.54, 1.807) is 6.08 Å². The van der Waals surface area contributed by atoms with E-state index in [4.69, 9.17) is 0 Å². The molecular weight excluding hydrogens is 410 g/mol. The van der Waals surface area contributed by atoms with Crippen LogP contribution in [0.4, 0.5) is 0 Å². The molecule has 2 atom stereocenters. The Labute approximate surface area is 204 Å². The van der Waals surface area contributed by atoms with Gasteiger partial charge in [-0.15, -0.1) is 0 Å². The lowest BCUT2D eigenvalue weighted by atomic mass is 10.1. The summed E-state index contributed by atoms with van der Waals surface area (Å²) in [5.41, 5.74) is 0. The first kappa shape index (κ1) is 31.6. The molecule has 0 fully saturated rings. The molecule has 0 bridgehead atoms. The number of amides is 1. The second-order valence-corrected chi connectivity index (χ2v) is 9.09. The average Bonchev–Trinajstić information content (AvgIpc) is 2.82. The Bertz CT molecular complexity index is 513. The van der Waals surface area contributed by atoms with Crippen molar-refractivity contribution in [2.24, 2.45) is 0 Å². The van der Waals surface area contributed by atoms with Gasteiger partial charge in [0.05, 0.1) is 18.8 Å². The minimum atomic E-state index is -0.862. The maximum atomic E-state index is 12.1. The summed E-state index contributed by atoms with van der Waals surface area (Å²) in [6.07, 6.45) is 30.7. The van der Waals surface area contributed by atoms with Gasteiger partial charge in [0, 0.05) is 6.42 Å². The first-order valence-corrected chi connectivity index (χ1v) is 13.7. The van der Waals surface area contributed by atoms with Crippen molar-refractivity contribution in [2.75, 3.05) is 6.61 Å². The number of hydrogen-bond donors (Lipinski definition) is 3. The Morgan fingerprint density at radius 3 is 1.76 bits per heavy atom. The molecule has 0 aromatic rings. The number of nitrogens with one attached hydrogen (secondary N) is 1. The highest BCUT2D eigenvalue weighted by Gasteiger charge is 2.17. The van der Waals surface area contributed by atoms with Gasteiger partial charge in [-0.05, 0) is 44.9 Å². The number of aliphatic hydroxyl groups excluding tert-OH is 2. The fourth-order valence-electron chi connectivity index (χ4n) is 3.68. The van der Waals surface area contributed by atoms with E-state index in [2.05, 4.69) is 43.5 Å². The Balaban J connectivity index is 3.84. The van der Waals surface area contributed by atoms with Crippen molar-refractivity contribution in [2.45, 2.75) is 135 Å². The van der Waals surface area contributed by atoms with Crippen molar-refractivity contribution >= 4 is 5.91 Å². The van der Waals surface area contributed by atoms with Gasteiger partial charge in [-0.25, -0.2) is 0 Å². The van der Waals surface area contributed by atoms with Crippen LogP contribution >= 0.6 is 0 Å². The first-order chi connectivity index (χ1) is 16.2. The third-order valence-electron chi connectivity index (χ3n) is 5.85. The summed E-state index contributed by atoms with van der Waals surface area (Å²) in [5.74, 6) is -0.0881. The number of rotatable bonds is 23. The molecule has 0 aliphatic heterocycles. The maximum Gasteiger partial charge on any atom is 0.220 e. The minimum Gasteiger partial charge on any atom is -0.394 e. The molecule has 0 radical (unpaired) electrons. The second-order valence-electron chi connectivity index (χ2n) is 9.09. The monoisotopic (exact) mass is 463 g/mol. The third kappa shape index (κ3) is 22.2. The molecule has 0 aliphatic rings. The van der Waals surface area contributed by atoms with Crippen LogP contribution in [0.15, 0.2) is 36.5 Å². The zero-order valence-corrected chi connectivity index (χ0v) is 21.6. The molecule has 0 rings (SSSR count). The van der Waals surface area contributed by atoms with Gasteiger partial charge in [-0.3, -0.25) is 4.79 Å². The lowest BCUT2D eigenvalue weighted by Crippen LogP contribution is -2.45. The Hall–Kier alpha value is -1.39. The van der Waals surface area contributed by atoms with E-state index in [-0.39, 0.29) is 12.5 Å². The molecule has 3 N–H and O–H groups in total. The van der Waals surface area contributed by atoms with E-state index in [1.165, 1.54) is 64.2 Å². The quantitative estimate of drug-likeness (QED) is 0.111. The lowest BCUT2D eigenvalue weighted by Gasteiger charge is -2.19. The summed E-state index contributed by atoms with van der Waals surface area (Å²) < 4.78 is 0. The standard InChI is InChI=1S/C29H53NO3/c1-3-5-7-9-11-13-14-15-16-17-18-20-22-24-28(32)27(26-31)30-29(33)25-23-21-19-12-10-8-6-4-2/h11,13,16-17,22,24,27-28,31-32H,3-10,12,14-15,18-21,23,25-26H2,1-2H3,(H,30,33)/b13-11+,17-16+,24-22+. The molecule has 0 heterocycles. The van der Waals surface area contributed by atoms with Gasteiger partial charge in [-0.1, -0.05) is 108 Å². The third-order valence-corrected chi connectivity index (χ3v) is 5.85. The van der Waals surface area contributed by atoms with Crippen molar-refractivity contribution in [1.29, 1.82) is 0 Å². The van der Waals surface area contributed by atoms with E-state index < -0.39 is 12.1 Å². The van der Waals surface area contributed by atoms with Crippen molar-refractivity contribution in [3.05, 3.63) is 36.5 Å². The smallest absolute Gasteiger partial charge is 0.220 e. The summed E-state index contributed by atoms with van der Waals surface area (Å²) in [6.45, 7) is 4.19. The second kappa shape index (κ2) is 25.2. The van der Waals surface area contributed by atoms with Gasteiger partial charge < -0.3 is 15.5 Å². The topological polar surface area (TPSA) is 69.6 Å². The number of aliphatic hydroxyl groups is 2. The number of hydrogen-bond acceptors (Lipinski definition) is 3. The summed E-state index contributed by atoms with van der Waals surface area (Å²) in [5, 5.41) is 22.6. The SMILES string of the molecule is CCCCC/C=C/CC/C=C/CC/C=C/C(O)C(CO)NC(=O)CCCCCCCCCC. The molecule has 33 heavy (non-hydrogen) atoms. The molecule has 0 saturated carbocycles. The van der Waals surface area contributed by atoms with E-state index in [1.807, 2.05) is 6.08 Å². The van der Waals surface area contributed by atoms with Crippen LogP contribution in [0.3, 0.4) is 0 Å². The van der Waals surface area contributed by atoms with Gasteiger partial charge in [0.25, 0.3) is 0 Å². The number of allylic oxidation sites excluding steroid dienone is 5. The molecule has 0 aliphatic carbocycles. The fourth-order valence-corrected chi connectivity index (χ4v) is 3.68. The zero-order chi connectivity index (χ0) is 24.4. The predicted octanol–water partition coefficient (Wildman–Crippen LogP) is 7.16. The normalized spacial score (nSPS) is 13.9. The van der Waals surface area contributed by atoms with E-state index >= 15 is 0 Å². The van der Waals surface area contributed by atoms with Crippen LogP contribution in [-0.2, 0) is 4.79 Å². The van der Waals surface area contributed by atoms with Crippen molar-refractivity contribution < 1.29 is 15.0 Å². The van der Waals surface area contributed by atoms with Crippen molar-refractivity contribution in [3.8, 4) is 0 Å². The van der Waals surface area contributed by atoms with Gasteiger partial charge in [0.15, 0.2) is 0 Å². The predicted molar refractivity (Wildman–Crippen MR) is 142 cm³/mol. The molecule has 1 amide bonds. The van der Waals surface area contributed by atoms with E-state index in [0.29, 0.717) is 6.42 Å². The molecule has 4 heteroatoms. The molecule has 192 valence electrons. The summed E-state index contributed by atoms with van der Waals surface area (Å²) in [6, 6.07) is -0.637. The van der Waals surface area contributed by atoms with Crippen molar-refractivity contribution in [3.63, 3.8) is 0 Å². The van der Waals surface area contributed by atoms with Crippen LogP contribution in [-0.4, -0.2) is 34.9 Å². The van der Waals surface area contributed by atoms with Gasteiger partial charge in [-0.2, -0.15) is 0 Å². The molecule has 4 nitrogen and oxygen atoms in total. The van der Waals surface area contributed by atoms with Gasteiger partial charge in [0.1, 0.15) is 0 Å². The van der Waals surface area contributed by atoms with Crippen LogP contribution in [0.5, 0.6) is 0 Å². The zero-order valence-electron chi connectivity index (χ0n) is 21.6.